The third-order valence-corrected chi connectivity index (χ3v) is 3.12. The topological polar surface area (TPSA) is 43.1 Å². The third kappa shape index (κ3) is 3.53. The fraction of sp³-hybridized carbons (Fsp3) is 0.462. The first-order valence-electron chi connectivity index (χ1n) is 5.85. The van der Waals surface area contributed by atoms with Gasteiger partial charge < -0.3 is 5.73 Å². The lowest BCUT2D eigenvalue weighted by molar-refractivity contribution is -0.140. The van der Waals surface area contributed by atoms with Gasteiger partial charge in [0.2, 0.25) is 0 Å². The highest BCUT2D eigenvalue weighted by molar-refractivity contribution is 6.00. The van der Waals surface area contributed by atoms with Crippen LogP contribution in [0.25, 0.3) is 0 Å². The standard InChI is InChI=1S/C13H15F4NO/c1-3-7(2)11(18)12(19)8-4-5-9(10(14)6-8)13(15,16)17/h4-7,11H,3,18H2,1-2H3. The van der Waals surface area contributed by atoms with E-state index in [0.29, 0.717) is 18.6 Å². The average molecular weight is 277 g/mol. The molecular formula is C13H15F4NO. The van der Waals surface area contributed by atoms with Crippen molar-refractivity contribution in [1.29, 1.82) is 0 Å². The second-order valence-electron chi connectivity index (χ2n) is 4.47. The predicted octanol–water partition coefficient (Wildman–Crippen LogP) is 3.40. The summed E-state index contributed by atoms with van der Waals surface area (Å²) < 4.78 is 50.5. The van der Waals surface area contributed by atoms with E-state index in [2.05, 4.69) is 0 Å². The monoisotopic (exact) mass is 277 g/mol. The van der Waals surface area contributed by atoms with Crippen LogP contribution in [0.3, 0.4) is 0 Å². The van der Waals surface area contributed by atoms with Gasteiger partial charge in [0.1, 0.15) is 5.82 Å². The van der Waals surface area contributed by atoms with Crippen molar-refractivity contribution in [2.75, 3.05) is 0 Å². The highest BCUT2D eigenvalue weighted by Crippen LogP contribution is 2.31. The van der Waals surface area contributed by atoms with Crippen LogP contribution in [-0.2, 0) is 6.18 Å². The Morgan fingerprint density at radius 2 is 1.95 bits per heavy atom. The van der Waals surface area contributed by atoms with Crippen molar-refractivity contribution in [3.8, 4) is 0 Å². The molecule has 0 bridgehead atoms. The molecule has 19 heavy (non-hydrogen) atoms. The Morgan fingerprint density at radius 1 is 1.37 bits per heavy atom. The number of rotatable bonds is 4. The number of hydrogen-bond acceptors (Lipinski definition) is 2. The first kappa shape index (κ1) is 15.6. The molecule has 106 valence electrons. The zero-order chi connectivity index (χ0) is 14.8. The van der Waals surface area contributed by atoms with Crippen LogP contribution in [0, 0.1) is 11.7 Å². The predicted molar refractivity (Wildman–Crippen MR) is 63.2 cm³/mol. The lowest BCUT2D eigenvalue weighted by atomic mass is 9.92. The van der Waals surface area contributed by atoms with Crippen molar-refractivity contribution in [2.24, 2.45) is 11.7 Å². The lowest BCUT2D eigenvalue weighted by Gasteiger charge is -2.17. The molecule has 0 aromatic heterocycles. The van der Waals surface area contributed by atoms with Crippen molar-refractivity contribution in [3.63, 3.8) is 0 Å². The molecule has 1 aromatic carbocycles. The van der Waals surface area contributed by atoms with Gasteiger partial charge in [0.25, 0.3) is 0 Å². The number of carbonyl (C=O) groups is 1. The van der Waals surface area contributed by atoms with Gasteiger partial charge in [0.15, 0.2) is 5.78 Å². The second kappa shape index (κ2) is 5.69. The van der Waals surface area contributed by atoms with E-state index in [4.69, 9.17) is 5.73 Å². The van der Waals surface area contributed by atoms with Crippen LogP contribution in [0.5, 0.6) is 0 Å². The smallest absolute Gasteiger partial charge is 0.321 e. The molecule has 0 aliphatic heterocycles. The summed E-state index contributed by atoms with van der Waals surface area (Å²) in [5, 5.41) is 0. The minimum absolute atomic E-state index is 0.127. The van der Waals surface area contributed by atoms with Crippen molar-refractivity contribution in [3.05, 3.63) is 35.1 Å². The molecule has 0 saturated heterocycles. The zero-order valence-corrected chi connectivity index (χ0v) is 10.6. The number of alkyl halides is 3. The van der Waals surface area contributed by atoms with Crippen LogP contribution in [0.4, 0.5) is 17.6 Å². The van der Waals surface area contributed by atoms with E-state index in [-0.39, 0.29) is 11.5 Å². The molecule has 2 atom stereocenters. The van der Waals surface area contributed by atoms with Gasteiger partial charge in [-0.3, -0.25) is 4.79 Å². The fourth-order valence-corrected chi connectivity index (χ4v) is 1.60. The Kier molecular flexibility index (Phi) is 4.68. The van der Waals surface area contributed by atoms with Gasteiger partial charge in [0.05, 0.1) is 11.6 Å². The highest BCUT2D eigenvalue weighted by Gasteiger charge is 2.34. The van der Waals surface area contributed by atoms with Gasteiger partial charge in [-0.1, -0.05) is 26.3 Å². The van der Waals surface area contributed by atoms with Gasteiger partial charge in [0, 0.05) is 5.56 Å². The average Bonchev–Trinajstić information content (AvgIpc) is 2.34. The number of Topliss-reactive ketones (excluding diaryl/α,β-unsaturated/α-hetero) is 1. The molecule has 0 radical (unpaired) electrons. The highest BCUT2D eigenvalue weighted by atomic mass is 19.4. The molecular weight excluding hydrogens is 262 g/mol. The quantitative estimate of drug-likeness (QED) is 0.677. The summed E-state index contributed by atoms with van der Waals surface area (Å²) in [7, 11) is 0. The Hall–Kier alpha value is -1.43. The van der Waals surface area contributed by atoms with E-state index >= 15 is 0 Å². The number of nitrogens with two attached hydrogens (primary N) is 1. The number of ketones is 1. The van der Waals surface area contributed by atoms with Gasteiger partial charge in [-0.2, -0.15) is 13.2 Å². The Labute approximate surface area is 108 Å². The van der Waals surface area contributed by atoms with E-state index in [9.17, 15) is 22.4 Å². The van der Waals surface area contributed by atoms with Crippen molar-refractivity contribution >= 4 is 5.78 Å². The van der Waals surface area contributed by atoms with Crippen LogP contribution in [-0.4, -0.2) is 11.8 Å². The van der Waals surface area contributed by atoms with Gasteiger partial charge >= 0.3 is 6.18 Å². The molecule has 0 aliphatic carbocycles. The van der Waals surface area contributed by atoms with Crippen LogP contribution in [0.15, 0.2) is 18.2 Å². The number of hydrogen-bond donors (Lipinski definition) is 1. The zero-order valence-electron chi connectivity index (χ0n) is 10.6. The summed E-state index contributed by atoms with van der Waals surface area (Å²) in [6.45, 7) is 3.59. The van der Waals surface area contributed by atoms with Gasteiger partial charge in [-0.15, -0.1) is 0 Å². The SMILES string of the molecule is CCC(C)C(N)C(=O)c1ccc(C(F)(F)F)c(F)c1. The largest absolute Gasteiger partial charge is 0.419 e. The van der Waals surface area contributed by atoms with Gasteiger partial charge in [-0.05, 0) is 18.1 Å². The fourth-order valence-electron chi connectivity index (χ4n) is 1.60. The molecule has 0 amide bonds. The first-order chi connectivity index (χ1) is 8.68. The van der Waals surface area contributed by atoms with E-state index in [1.165, 1.54) is 0 Å². The molecule has 0 aliphatic rings. The molecule has 0 spiro atoms. The van der Waals surface area contributed by atoms with Crippen LogP contribution in [0.2, 0.25) is 0 Å². The van der Waals surface area contributed by atoms with Crippen molar-refractivity contribution in [2.45, 2.75) is 32.5 Å². The normalized spacial score (nSPS) is 15.1. The maximum absolute atomic E-state index is 13.3. The molecule has 0 heterocycles. The van der Waals surface area contributed by atoms with Crippen LogP contribution in [0.1, 0.15) is 36.2 Å². The minimum atomic E-state index is -4.77. The van der Waals surface area contributed by atoms with Crippen LogP contribution >= 0.6 is 0 Å². The summed E-state index contributed by atoms with van der Waals surface area (Å²) in [5.74, 6) is -2.14. The number of carbonyl (C=O) groups excluding carboxylic acids is 1. The molecule has 0 fully saturated rings. The van der Waals surface area contributed by atoms with E-state index in [1.807, 2.05) is 6.92 Å². The summed E-state index contributed by atoms with van der Waals surface area (Å²) in [4.78, 5) is 11.9. The maximum atomic E-state index is 13.3. The summed E-state index contributed by atoms with van der Waals surface area (Å²) in [6.07, 6.45) is -4.12. The third-order valence-electron chi connectivity index (χ3n) is 3.12. The molecule has 2 nitrogen and oxygen atoms in total. The molecule has 2 N–H and O–H groups in total. The summed E-state index contributed by atoms with van der Waals surface area (Å²) in [5.41, 5.74) is 4.15. The number of halogens is 4. The molecule has 6 heteroatoms. The molecule has 2 unspecified atom stereocenters. The lowest BCUT2D eigenvalue weighted by Crippen LogP contribution is -2.36. The van der Waals surface area contributed by atoms with Crippen LogP contribution < -0.4 is 5.73 Å². The maximum Gasteiger partial charge on any atom is 0.419 e. The molecule has 0 saturated carbocycles. The van der Waals surface area contributed by atoms with Crippen molar-refractivity contribution in [1.82, 2.24) is 0 Å². The summed E-state index contributed by atoms with van der Waals surface area (Å²) >= 11 is 0. The van der Waals surface area contributed by atoms with Crippen molar-refractivity contribution < 1.29 is 22.4 Å². The molecule has 1 rings (SSSR count). The Balaban J connectivity index is 3.05. The first-order valence-corrected chi connectivity index (χ1v) is 5.85. The van der Waals surface area contributed by atoms with E-state index < -0.39 is 29.4 Å². The van der Waals surface area contributed by atoms with E-state index in [0.717, 1.165) is 6.07 Å². The summed E-state index contributed by atoms with van der Waals surface area (Å²) in [6, 6.07) is 1.26. The minimum Gasteiger partial charge on any atom is -0.321 e. The Bertz CT molecular complexity index is 470. The molecule has 1 aromatic rings. The second-order valence-corrected chi connectivity index (χ2v) is 4.47. The van der Waals surface area contributed by atoms with E-state index in [1.54, 1.807) is 6.92 Å². The number of benzene rings is 1. The van der Waals surface area contributed by atoms with Gasteiger partial charge in [-0.25, -0.2) is 4.39 Å². The Morgan fingerprint density at radius 3 is 2.37 bits per heavy atom.